The van der Waals surface area contributed by atoms with E-state index in [1.807, 2.05) is 47.9 Å². The van der Waals surface area contributed by atoms with Gasteiger partial charge < -0.3 is 25.6 Å². The van der Waals surface area contributed by atoms with Crippen LogP contribution in [0.25, 0.3) is 11.2 Å². The predicted octanol–water partition coefficient (Wildman–Crippen LogP) is 4.50. The van der Waals surface area contributed by atoms with Crippen LogP contribution in [0.2, 0.25) is 0 Å². The van der Waals surface area contributed by atoms with E-state index in [9.17, 15) is 9.90 Å². The molecule has 0 spiro atoms. The van der Waals surface area contributed by atoms with Crippen LogP contribution < -0.4 is 16.0 Å². The van der Waals surface area contributed by atoms with Crippen LogP contribution in [0.4, 0.5) is 23.1 Å². The Morgan fingerprint density at radius 2 is 2.03 bits per heavy atom. The average Bonchev–Trinajstić information content (AvgIpc) is 3.33. The molecule has 4 N–H and O–H groups in total. The first-order chi connectivity index (χ1) is 18.5. The fraction of sp³-hybridized carbons (Fsp3) is 0.321. The van der Waals surface area contributed by atoms with Gasteiger partial charge in [-0.3, -0.25) is 4.79 Å². The molecule has 0 saturated heterocycles. The van der Waals surface area contributed by atoms with Crippen molar-refractivity contribution in [3.63, 3.8) is 0 Å². The van der Waals surface area contributed by atoms with Gasteiger partial charge in [-0.15, -0.1) is 0 Å². The Morgan fingerprint density at radius 1 is 1.21 bits per heavy atom. The highest BCUT2D eigenvalue weighted by Gasteiger charge is 2.21. The normalized spacial score (nSPS) is 18.9. The van der Waals surface area contributed by atoms with Gasteiger partial charge >= 0.3 is 5.91 Å². The number of hydrogen-bond acceptors (Lipinski definition) is 8. The van der Waals surface area contributed by atoms with Gasteiger partial charge in [0.1, 0.15) is 0 Å². The molecule has 1 amide bonds. The van der Waals surface area contributed by atoms with Gasteiger partial charge in [-0.05, 0) is 56.9 Å². The van der Waals surface area contributed by atoms with E-state index in [0.29, 0.717) is 35.0 Å². The van der Waals surface area contributed by atoms with E-state index >= 15 is 0 Å². The minimum Gasteiger partial charge on any atom is -0.393 e. The van der Waals surface area contributed by atoms with Crippen molar-refractivity contribution in [2.45, 2.75) is 57.7 Å². The first kappa shape index (κ1) is 25.6. The summed E-state index contributed by atoms with van der Waals surface area (Å²) in [6, 6.07) is 7.54. The number of rotatable bonds is 6. The molecule has 2 aliphatic rings. The monoisotopic (exact) mass is 527 g/mol. The SMILES string of the molecule is CCn1cnc2c(Nc3cccc(NC(=O)C#CC4=CC=CCC4=S)c3)nc(NC3CCC(O)CC3)nc21. The molecule has 0 unspecified atom stereocenters. The molecule has 10 heteroatoms. The highest BCUT2D eigenvalue weighted by molar-refractivity contribution is 7.80. The quantitative estimate of drug-likeness (QED) is 0.273. The van der Waals surface area contributed by atoms with Crippen LogP contribution in [-0.2, 0) is 11.3 Å². The number of aromatic nitrogens is 4. The summed E-state index contributed by atoms with van der Waals surface area (Å²) in [6.45, 7) is 2.76. The van der Waals surface area contributed by atoms with Crippen molar-refractivity contribution in [3.8, 4) is 11.8 Å². The Balaban J connectivity index is 1.34. The maximum absolute atomic E-state index is 12.4. The molecule has 2 aromatic heterocycles. The number of aliphatic hydroxyl groups is 1. The van der Waals surface area contributed by atoms with Crippen LogP contribution in [0, 0.1) is 11.8 Å². The minimum absolute atomic E-state index is 0.205. The Labute approximate surface area is 226 Å². The fourth-order valence-corrected chi connectivity index (χ4v) is 4.70. The summed E-state index contributed by atoms with van der Waals surface area (Å²) in [7, 11) is 0. The van der Waals surface area contributed by atoms with E-state index in [-0.39, 0.29) is 12.1 Å². The summed E-state index contributed by atoms with van der Waals surface area (Å²) in [5.74, 6) is 6.13. The molecule has 38 heavy (non-hydrogen) atoms. The molecule has 194 valence electrons. The Bertz CT molecular complexity index is 1490. The molecular weight excluding hydrogens is 498 g/mol. The molecule has 2 aliphatic carbocycles. The standard InChI is InChI=1S/C28H29N7O2S/c1-2-35-17-29-25-26(33-28(34-27(25)35)32-19-11-13-22(36)14-12-19)31-21-8-5-7-20(16-21)30-24(37)15-10-18-6-3-4-9-23(18)38/h3-8,16-17,19,22,36H,2,9,11-14H2,1H3,(H,30,37)(H2,31,32,33,34). The number of fused-ring (bicyclic) bond motifs is 1. The number of carbonyl (C=O) groups is 1. The molecule has 0 radical (unpaired) electrons. The molecule has 5 rings (SSSR count). The van der Waals surface area contributed by atoms with Gasteiger partial charge in [0.15, 0.2) is 17.0 Å². The van der Waals surface area contributed by atoms with Crippen molar-refractivity contribution in [2.24, 2.45) is 0 Å². The van der Waals surface area contributed by atoms with E-state index in [2.05, 4.69) is 32.8 Å². The van der Waals surface area contributed by atoms with Crippen molar-refractivity contribution in [2.75, 3.05) is 16.0 Å². The molecule has 0 aliphatic heterocycles. The smallest absolute Gasteiger partial charge is 0.300 e. The minimum atomic E-state index is -0.421. The number of nitrogens with zero attached hydrogens (tertiary/aromatic N) is 4. The third kappa shape index (κ3) is 6.07. The van der Waals surface area contributed by atoms with Crippen molar-refractivity contribution in [1.29, 1.82) is 0 Å². The van der Waals surface area contributed by atoms with Gasteiger partial charge in [0.25, 0.3) is 0 Å². The summed E-state index contributed by atoms with van der Waals surface area (Å²) < 4.78 is 1.97. The lowest BCUT2D eigenvalue weighted by Crippen LogP contribution is -2.29. The van der Waals surface area contributed by atoms with Gasteiger partial charge in [-0.1, -0.05) is 36.4 Å². The van der Waals surface area contributed by atoms with Crippen LogP contribution in [0.5, 0.6) is 0 Å². The van der Waals surface area contributed by atoms with Crippen molar-refractivity contribution >= 4 is 57.3 Å². The van der Waals surface area contributed by atoms with Gasteiger partial charge in [-0.25, -0.2) is 4.98 Å². The van der Waals surface area contributed by atoms with E-state index in [4.69, 9.17) is 22.2 Å². The summed E-state index contributed by atoms with van der Waals surface area (Å²) in [6.07, 6.45) is 11.1. The number of imidazole rings is 1. The topological polar surface area (TPSA) is 117 Å². The molecule has 1 saturated carbocycles. The number of aryl methyl sites for hydroxylation is 1. The highest BCUT2D eigenvalue weighted by atomic mass is 32.1. The molecule has 9 nitrogen and oxygen atoms in total. The number of anilines is 4. The number of amides is 1. The van der Waals surface area contributed by atoms with Crippen LogP contribution >= 0.6 is 12.2 Å². The second-order valence-electron chi connectivity index (χ2n) is 9.29. The molecule has 0 atom stereocenters. The Kier molecular flexibility index (Phi) is 7.77. The first-order valence-electron chi connectivity index (χ1n) is 12.8. The number of nitrogens with one attached hydrogen (secondary N) is 3. The average molecular weight is 528 g/mol. The van der Waals surface area contributed by atoms with Crippen molar-refractivity contribution < 1.29 is 9.90 Å². The van der Waals surface area contributed by atoms with Crippen molar-refractivity contribution in [1.82, 2.24) is 19.5 Å². The molecule has 3 aromatic rings. The Morgan fingerprint density at radius 3 is 2.82 bits per heavy atom. The zero-order valence-corrected chi connectivity index (χ0v) is 21.9. The third-order valence-electron chi connectivity index (χ3n) is 6.53. The van der Waals surface area contributed by atoms with Crippen molar-refractivity contribution in [3.05, 3.63) is 54.4 Å². The Hall–Kier alpha value is -4.07. The van der Waals surface area contributed by atoms with Gasteiger partial charge in [0.2, 0.25) is 5.95 Å². The predicted molar refractivity (Wildman–Crippen MR) is 153 cm³/mol. The highest BCUT2D eigenvalue weighted by Crippen LogP contribution is 2.27. The summed E-state index contributed by atoms with van der Waals surface area (Å²) in [5.41, 5.74) is 3.41. The summed E-state index contributed by atoms with van der Waals surface area (Å²) in [5, 5.41) is 19.4. The third-order valence-corrected chi connectivity index (χ3v) is 6.92. The second kappa shape index (κ2) is 11.5. The van der Waals surface area contributed by atoms with E-state index in [1.54, 1.807) is 12.4 Å². The van der Waals surface area contributed by atoms with E-state index in [0.717, 1.165) is 48.4 Å². The van der Waals surface area contributed by atoms with Crippen LogP contribution in [0.1, 0.15) is 39.0 Å². The number of allylic oxidation sites excluding steroid dienone is 4. The number of aliphatic hydroxyl groups excluding tert-OH is 1. The largest absolute Gasteiger partial charge is 0.393 e. The maximum atomic E-state index is 12.4. The lowest BCUT2D eigenvalue weighted by molar-refractivity contribution is -0.111. The summed E-state index contributed by atoms with van der Waals surface area (Å²) in [4.78, 5) is 27.2. The zero-order chi connectivity index (χ0) is 26.5. The zero-order valence-electron chi connectivity index (χ0n) is 21.1. The molecule has 1 fully saturated rings. The summed E-state index contributed by atoms with van der Waals surface area (Å²) >= 11 is 5.30. The van der Waals surface area contributed by atoms with Gasteiger partial charge in [-0.2, -0.15) is 9.97 Å². The number of hydrogen-bond donors (Lipinski definition) is 4. The molecule has 1 aromatic carbocycles. The van der Waals surface area contributed by atoms with Crippen LogP contribution in [0.15, 0.2) is 54.4 Å². The molecule has 0 bridgehead atoms. The number of carbonyl (C=O) groups excluding carboxylic acids is 1. The molecular formula is C28H29N7O2S. The number of benzene rings is 1. The molecule has 2 heterocycles. The second-order valence-corrected chi connectivity index (χ2v) is 9.79. The first-order valence-corrected chi connectivity index (χ1v) is 13.2. The fourth-order valence-electron chi connectivity index (χ4n) is 4.48. The maximum Gasteiger partial charge on any atom is 0.300 e. The lowest BCUT2D eigenvalue weighted by atomic mass is 9.93. The van der Waals surface area contributed by atoms with Gasteiger partial charge in [0, 0.05) is 46.7 Å². The lowest BCUT2D eigenvalue weighted by Gasteiger charge is -2.26. The van der Waals surface area contributed by atoms with Crippen LogP contribution in [0.3, 0.4) is 0 Å². The van der Waals surface area contributed by atoms with Gasteiger partial charge in [0.05, 0.1) is 12.4 Å². The van der Waals surface area contributed by atoms with E-state index < -0.39 is 5.91 Å². The van der Waals surface area contributed by atoms with Crippen LogP contribution in [-0.4, -0.2) is 47.5 Å². The number of thiocarbonyl (C=S) groups is 1. The van der Waals surface area contributed by atoms with E-state index in [1.165, 1.54) is 0 Å².